The van der Waals surface area contributed by atoms with Crippen molar-refractivity contribution in [2.75, 3.05) is 31.1 Å². The van der Waals surface area contributed by atoms with Gasteiger partial charge in [0.25, 0.3) is 0 Å². The van der Waals surface area contributed by atoms with Crippen molar-refractivity contribution in [3.05, 3.63) is 16.0 Å². The molecular weight excluding hydrogens is 327 g/mol. The van der Waals surface area contributed by atoms with E-state index in [0.29, 0.717) is 0 Å². The van der Waals surface area contributed by atoms with Gasteiger partial charge in [-0.25, -0.2) is 9.97 Å². The van der Waals surface area contributed by atoms with Crippen LogP contribution in [0.25, 0.3) is 0 Å². The van der Waals surface area contributed by atoms with Crippen molar-refractivity contribution in [3.63, 3.8) is 0 Å². The lowest BCUT2D eigenvalue weighted by molar-refractivity contribution is 0.373. The lowest BCUT2D eigenvalue weighted by Gasteiger charge is -2.29. The molecule has 2 heterocycles. The molecule has 0 amide bonds. The van der Waals surface area contributed by atoms with Crippen LogP contribution >= 0.6 is 22.6 Å². The predicted octanol–water partition coefficient (Wildman–Crippen LogP) is 1.91. The second-order valence-electron chi connectivity index (χ2n) is 4.43. The fourth-order valence-electron chi connectivity index (χ4n) is 2.20. The number of rotatable bonds is 4. The molecule has 94 valence electrons. The maximum Gasteiger partial charge on any atom is 0.225 e. The molecule has 17 heavy (non-hydrogen) atoms. The van der Waals surface area contributed by atoms with E-state index in [4.69, 9.17) is 0 Å². The molecule has 1 aromatic heterocycles. The first-order valence-electron chi connectivity index (χ1n) is 6.22. The zero-order valence-electron chi connectivity index (χ0n) is 10.2. The Morgan fingerprint density at radius 1 is 1.35 bits per heavy atom. The molecular formula is C12H19IN4. The third-order valence-electron chi connectivity index (χ3n) is 3.21. The van der Waals surface area contributed by atoms with Gasteiger partial charge in [-0.05, 0) is 61.4 Å². The SMILES string of the molecule is CCN(CC1CCNCC1)c1ncc(I)cn1. The molecule has 0 aliphatic carbocycles. The Balaban J connectivity index is 1.97. The Morgan fingerprint density at radius 2 is 2.00 bits per heavy atom. The fourth-order valence-corrected chi connectivity index (χ4v) is 2.48. The molecule has 0 unspecified atom stereocenters. The number of nitrogens with zero attached hydrogens (tertiary/aromatic N) is 3. The number of anilines is 1. The second-order valence-corrected chi connectivity index (χ2v) is 5.68. The number of piperidine rings is 1. The van der Waals surface area contributed by atoms with Crippen molar-refractivity contribution in [2.45, 2.75) is 19.8 Å². The highest BCUT2D eigenvalue weighted by Gasteiger charge is 2.17. The van der Waals surface area contributed by atoms with Gasteiger partial charge < -0.3 is 10.2 Å². The molecule has 0 radical (unpaired) electrons. The third kappa shape index (κ3) is 3.77. The standard InChI is InChI=1S/C12H19IN4/c1-2-17(9-10-3-5-14-6-4-10)12-15-7-11(13)8-16-12/h7-8,10,14H,2-6,9H2,1H3. The van der Waals surface area contributed by atoms with Crippen molar-refractivity contribution >= 4 is 28.5 Å². The number of nitrogens with one attached hydrogen (secondary N) is 1. The first kappa shape index (κ1) is 13.0. The maximum atomic E-state index is 4.41. The summed E-state index contributed by atoms with van der Waals surface area (Å²) in [5, 5.41) is 3.40. The van der Waals surface area contributed by atoms with Crippen LogP contribution in [0.4, 0.5) is 5.95 Å². The van der Waals surface area contributed by atoms with E-state index < -0.39 is 0 Å². The van der Waals surface area contributed by atoms with Crippen LogP contribution in [0.2, 0.25) is 0 Å². The summed E-state index contributed by atoms with van der Waals surface area (Å²) in [7, 11) is 0. The van der Waals surface area contributed by atoms with E-state index in [1.54, 1.807) is 0 Å². The van der Waals surface area contributed by atoms with Crippen LogP contribution in [0.3, 0.4) is 0 Å². The normalized spacial score (nSPS) is 17.1. The van der Waals surface area contributed by atoms with Crippen LogP contribution < -0.4 is 10.2 Å². The molecule has 1 aliphatic heterocycles. The number of hydrogen-bond donors (Lipinski definition) is 1. The molecule has 0 spiro atoms. The minimum absolute atomic E-state index is 0.777. The molecule has 1 N–H and O–H groups in total. The summed E-state index contributed by atoms with van der Waals surface area (Å²) in [6.07, 6.45) is 6.30. The number of aromatic nitrogens is 2. The molecule has 5 heteroatoms. The Hall–Kier alpha value is -0.430. The second kappa shape index (κ2) is 6.49. The molecule has 0 saturated carbocycles. The Labute approximate surface area is 116 Å². The molecule has 0 aromatic carbocycles. The predicted molar refractivity (Wildman–Crippen MR) is 78.2 cm³/mol. The van der Waals surface area contributed by atoms with E-state index in [2.05, 4.69) is 49.7 Å². The zero-order chi connectivity index (χ0) is 12.1. The Kier molecular flexibility index (Phi) is 4.97. The van der Waals surface area contributed by atoms with Crippen LogP contribution in [-0.4, -0.2) is 36.1 Å². The monoisotopic (exact) mass is 346 g/mol. The van der Waals surface area contributed by atoms with Crippen LogP contribution in [0, 0.1) is 9.49 Å². The van der Waals surface area contributed by atoms with Crippen LogP contribution in [0.5, 0.6) is 0 Å². The van der Waals surface area contributed by atoms with E-state index in [1.165, 1.54) is 12.8 Å². The van der Waals surface area contributed by atoms with Gasteiger partial charge in [0.2, 0.25) is 5.95 Å². The molecule has 1 aliphatic rings. The maximum absolute atomic E-state index is 4.41. The van der Waals surface area contributed by atoms with Crippen LogP contribution in [0.15, 0.2) is 12.4 Å². The molecule has 0 atom stereocenters. The van der Waals surface area contributed by atoms with Gasteiger partial charge >= 0.3 is 0 Å². The summed E-state index contributed by atoms with van der Waals surface area (Å²) in [6, 6.07) is 0. The lowest BCUT2D eigenvalue weighted by atomic mass is 9.98. The van der Waals surface area contributed by atoms with Gasteiger partial charge in [0.15, 0.2) is 0 Å². The summed E-state index contributed by atoms with van der Waals surface area (Å²) in [5.74, 6) is 1.64. The molecule has 0 bridgehead atoms. The van der Waals surface area contributed by atoms with Crippen molar-refractivity contribution in [1.82, 2.24) is 15.3 Å². The van der Waals surface area contributed by atoms with Gasteiger partial charge in [0.1, 0.15) is 0 Å². The van der Waals surface area contributed by atoms with Crippen LogP contribution in [0.1, 0.15) is 19.8 Å². The van der Waals surface area contributed by atoms with Gasteiger partial charge in [-0.1, -0.05) is 0 Å². The number of hydrogen-bond acceptors (Lipinski definition) is 4. The minimum atomic E-state index is 0.777. The highest BCUT2D eigenvalue weighted by molar-refractivity contribution is 14.1. The molecule has 2 rings (SSSR count). The van der Waals surface area contributed by atoms with Gasteiger partial charge in [-0.2, -0.15) is 0 Å². The topological polar surface area (TPSA) is 41.0 Å². The van der Waals surface area contributed by atoms with Crippen molar-refractivity contribution in [1.29, 1.82) is 0 Å². The van der Waals surface area contributed by atoms with Gasteiger partial charge in [0.05, 0.1) is 0 Å². The largest absolute Gasteiger partial charge is 0.341 e. The summed E-state index contributed by atoms with van der Waals surface area (Å²) < 4.78 is 1.09. The average molecular weight is 346 g/mol. The number of halogens is 1. The van der Waals surface area contributed by atoms with E-state index in [0.717, 1.165) is 41.6 Å². The van der Waals surface area contributed by atoms with Crippen molar-refractivity contribution < 1.29 is 0 Å². The summed E-state index contributed by atoms with van der Waals surface area (Å²) >= 11 is 2.24. The van der Waals surface area contributed by atoms with Crippen molar-refractivity contribution in [2.24, 2.45) is 5.92 Å². The quantitative estimate of drug-likeness (QED) is 0.846. The minimum Gasteiger partial charge on any atom is -0.341 e. The van der Waals surface area contributed by atoms with Gasteiger partial charge in [-0.3, -0.25) is 0 Å². The molecule has 4 nitrogen and oxygen atoms in total. The Bertz CT molecular complexity index is 335. The van der Waals surface area contributed by atoms with E-state index in [1.807, 2.05) is 12.4 Å². The summed E-state index contributed by atoms with van der Waals surface area (Å²) in [5.41, 5.74) is 0. The van der Waals surface area contributed by atoms with E-state index >= 15 is 0 Å². The zero-order valence-corrected chi connectivity index (χ0v) is 12.4. The molecule has 1 saturated heterocycles. The molecule has 1 fully saturated rings. The third-order valence-corrected chi connectivity index (χ3v) is 3.77. The lowest BCUT2D eigenvalue weighted by Crippen LogP contribution is -2.36. The van der Waals surface area contributed by atoms with E-state index in [-0.39, 0.29) is 0 Å². The van der Waals surface area contributed by atoms with Crippen LogP contribution in [-0.2, 0) is 0 Å². The first-order valence-corrected chi connectivity index (χ1v) is 7.30. The average Bonchev–Trinajstić information content (AvgIpc) is 2.38. The molecule has 1 aromatic rings. The van der Waals surface area contributed by atoms with E-state index in [9.17, 15) is 0 Å². The smallest absolute Gasteiger partial charge is 0.225 e. The first-order chi connectivity index (χ1) is 8.29. The highest BCUT2D eigenvalue weighted by Crippen LogP contribution is 2.16. The summed E-state index contributed by atoms with van der Waals surface area (Å²) in [4.78, 5) is 11.1. The van der Waals surface area contributed by atoms with Crippen molar-refractivity contribution in [3.8, 4) is 0 Å². The van der Waals surface area contributed by atoms with Gasteiger partial charge in [0, 0.05) is 29.1 Å². The van der Waals surface area contributed by atoms with Gasteiger partial charge in [-0.15, -0.1) is 0 Å². The Morgan fingerprint density at radius 3 is 2.59 bits per heavy atom. The fraction of sp³-hybridized carbons (Fsp3) is 0.667. The summed E-state index contributed by atoms with van der Waals surface area (Å²) in [6.45, 7) is 6.53. The highest BCUT2D eigenvalue weighted by atomic mass is 127.